The lowest BCUT2D eigenvalue weighted by atomic mass is 9.86. The molecule has 18 heavy (non-hydrogen) atoms. The Morgan fingerprint density at radius 1 is 1.39 bits per heavy atom. The number of carbonyl (C=O) groups is 1. The van der Waals surface area contributed by atoms with Gasteiger partial charge in [-0.2, -0.15) is 0 Å². The quantitative estimate of drug-likeness (QED) is 0.623. The maximum Gasteiger partial charge on any atom is 0.410 e. The number of amides is 1. The fraction of sp³-hybridized carbons (Fsp3) is 0.786. The van der Waals surface area contributed by atoms with Crippen LogP contribution in [0.2, 0.25) is 0 Å². The lowest BCUT2D eigenvalue weighted by molar-refractivity contribution is -0.0376. The van der Waals surface area contributed by atoms with Gasteiger partial charge >= 0.3 is 6.09 Å². The van der Waals surface area contributed by atoms with Gasteiger partial charge in [-0.1, -0.05) is 6.08 Å². The van der Waals surface area contributed by atoms with Crippen LogP contribution in [0.1, 0.15) is 40.5 Å². The summed E-state index contributed by atoms with van der Waals surface area (Å²) < 4.78 is 11.2. The number of piperidine rings is 1. The molecule has 1 amide bonds. The van der Waals surface area contributed by atoms with Crippen molar-refractivity contribution in [1.82, 2.24) is 4.90 Å². The van der Waals surface area contributed by atoms with E-state index in [1.165, 1.54) is 5.57 Å². The zero-order chi connectivity index (χ0) is 13.4. The smallest absolute Gasteiger partial charge is 0.410 e. The van der Waals surface area contributed by atoms with E-state index in [9.17, 15) is 4.79 Å². The SMILES string of the molecule is CC1=CCOC12CCN(C(=O)OC(C)(C)C)CC2. The van der Waals surface area contributed by atoms with Gasteiger partial charge in [0.15, 0.2) is 0 Å². The minimum atomic E-state index is -0.425. The molecule has 4 heteroatoms. The molecule has 102 valence electrons. The third-order valence-corrected chi connectivity index (χ3v) is 3.69. The summed E-state index contributed by atoms with van der Waals surface area (Å²) in [5, 5.41) is 0. The molecule has 1 saturated heterocycles. The average Bonchev–Trinajstić information content (AvgIpc) is 2.59. The fourth-order valence-electron chi connectivity index (χ4n) is 2.54. The Hall–Kier alpha value is -1.03. The topological polar surface area (TPSA) is 38.8 Å². The Kier molecular flexibility index (Phi) is 3.41. The van der Waals surface area contributed by atoms with Gasteiger partial charge < -0.3 is 14.4 Å². The summed E-state index contributed by atoms with van der Waals surface area (Å²) in [6.07, 6.45) is 3.67. The lowest BCUT2D eigenvalue weighted by Crippen LogP contribution is -2.48. The van der Waals surface area contributed by atoms with Crippen LogP contribution in [0.3, 0.4) is 0 Å². The average molecular weight is 253 g/mol. The van der Waals surface area contributed by atoms with Gasteiger partial charge in [-0.25, -0.2) is 4.79 Å². The highest BCUT2D eigenvalue weighted by molar-refractivity contribution is 5.68. The minimum absolute atomic E-state index is 0.113. The molecular weight excluding hydrogens is 230 g/mol. The summed E-state index contributed by atoms with van der Waals surface area (Å²) in [6.45, 7) is 9.92. The molecule has 2 rings (SSSR count). The summed E-state index contributed by atoms with van der Waals surface area (Å²) in [4.78, 5) is 13.7. The maximum absolute atomic E-state index is 11.9. The number of likely N-dealkylation sites (tertiary alicyclic amines) is 1. The first-order valence-corrected chi connectivity index (χ1v) is 6.62. The Morgan fingerprint density at radius 2 is 2.00 bits per heavy atom. The minimum Gasteiger partial charge on any atom is -0.444 e. The van der Waals surface area contributed by atoms with Crippen LogP contribution in [0.25, 0.3) is 0 Å². The molecule has 0 aromatic carbocycles. The van der Waals surface area contributed by atoms with E-state index in [1.54, 1.807) is 4.90 Å². The van der Waals surface area contributed by atoms with Gasteiger partial charge in [-0.3, -0.25) is 0 Å². The second-order valence-corrected chi connectivity index (χ2v) is 6.16. The van der Waals surface area contributed by atoms with E-state index in [0.29, 0.717) is 19.7 Å². The van der Waals surface area contributed by atoms with Crippen LogP contribution in [0.15, 0.2) is 11.6 Å². The largest absolute Gasteiger partial charge is 0.444 e. The molecular formula is C14H23NO3. The van der Waals surface area contributed by atoms with Crippen molar-refractivity contribution in [2.24, 2.45) is 0 Å². The van der Waals surface area contributed by atoms with Crippen molar-refractivity contribution >= 4 is 6.09 Å². The summed E-state index contributed by atoms with van der Waals surface area (Å²) in [5.41, 5.74) is 0.774. The Balaban J connectivity index is 1.91. The molecule has 0 aromatic heterocycles. The zero-order valence-electron chi connectivity index (χ0n) is 11.8. The second-order valence-electron chi connectivity index (χ2n) is 6.16. The number of carbonyl (C=O) groups excluding carboxylic acids is 1. The molecule has 1 fully saturated rings. The molecule has 0 radical (unpaired) electrons. The first-order valence-electron chi connectivity index (χ1n) is 6.62. The highest BCUT2D eigenvalue weighted by Gasteiger charge is 2.41. The van der Waals surface area contributed by atoms with E-state index < -0.39 is 5.60 Å². The molecule has 0 atom stereocenters. The predicted molar refractivity (Wildman–Crippen MR) is 69.5 cm³/mol. The molecule has 0 N–H and O–H groups in total. The summed E-state index contributed by atoms with van der Waals surface area (Å²) in [5.74, 6) is 0. The maximum atomic E-state index is 11.9. The Bertz CT molecular complexity index is 360. The van der Waals surface area contributed by atoms with Crippen LogP contribution < -0.4 is 0 Å². The van der Waals surface area contributed by atoms with Crippen molar-refractivity contribution in [3.05, 3.63) is 11.6 Å². The number of hydrogen-bond acceptors (Lipinski definition) is 3. The van der Waals surface area contributed by atoms with Gasteiger partial charge in [0.05, 0.1) is 12.2 Å². The van der Waals surface area contributed by atoms with Crippen LogP contribution in [0, 0.1) is 0 Å². The van der Waals surface area contributed by atoms with E-state index in [0.717, 1.165) is 12.8 Å². The number of nitrogens with zero attached hydrogens (tertiary/aromatic N) is 1. The van der Waals surface area contributed by atoms with Crippen LogP contribution in [0.4, 0.5) is 4.79 Å². The number of hydrogen-bond donors (Lipinski definition) is 0. The van der Waals surface area contributed by atoms with Gasteiger partial charge in [0.1, 0.15) is 5.60 Å². The summed E-state index contributed by atoms with van der Waals surface area (Å²) in [7, 11) is 0. The van der Waals surface area contributed by atoms with Crippen LogP contribution in [0.5, 0.6) is 0 Å². The second kappa shape index (κ2) is 4.57. The first-order chi connectivity index (χ1) is 8.32. The van der Waals surface area contributed by atoms with Crippen molar-refractivity contribution in [1.29, 1.82) is 0 Å². The normalized spacial score (nSPS) is 23.1. The van der Waals surface area contributed by atoms with E-state index in [1.807, 2.05) is 20.8 Å². The third kappa shape index (κ3) is 2.69. The van der Waals surface area contributed by atoms with Crippen molar-refractivity contribution < 1.29 is 14.3 Å². The predicted octanol–water partition coefficient (Wildman–Crippen LogP) is 2.73. The molecule has 1 spiro atoms. The monoisotopic (exact) mass is 253 g/mol. The number of ether oxygens (including phenoxy) is 2. The van der Waals surface area contributed by atoms with Gasteiger partial charge in [0.25, 0.3) is 0 Å². The van der Waals surface area contributed by atoms with E-state index in [4.69, 9.17) is 9.47 Å². The number of rotatable bonds is 0. The Labute approximate surface area is 109 Å². The van der Waals surface area contributed by atoms with Crippen LogP contribution in [-0.2, 0) is 9.47 Å². The van der Waals surface area contributed by atoms with Gasteiger partial charge in [-0.05, 0) is 46.1 Å². The molecule has 2 heterocycles. The summed E-state index contributed by atoms with van der Waals surface area (Å²) in [6, 6.07) is 0. The highest BCUT2D eigenvalue weighted by Crippen LogP contribution is 2.37. The molecule has 0 saturated carbocycles. The van der Waals surface area contributed by atoms with Gasteiger partial charge in [-0.15, -0.1) is 0 Å². The molecule has 0 aliphatic carbocycles. The molecule has 0 aromatic rings. The van der Waals surface area contributed by atoms with Gasteiger partial charge in [0.2, 0.25) is 0 Å². The molecule has 2 aliphatic rings. The van der Waals surface area contributed by atoms with Crippen molar-refractivity contribution in [2.75, 3.05) is 19.7 Å². The van der Waals surface area contributed by atoms with Crippen molar-refractivity contribution in [3.8, 4) is 0 Å². The first kappa shape index (κ1) is 13.4. The Morgan fingerprint density at radius 3 is 2.44 bits per heavy atom. The standard InChI is InChI=1S/C14H23NO3/c1-11-5-10-17-14(11)6-8-15(9-7-14)12(16)18-13(2,3)4/h5H,6-10H2,1-4H3. The zero-order valence-corrected chi connectivity index (χ0v) is 11.8. The third-order valence-electron chi connectivity index (χ3n) is 3.69. The van der Waals surface area contributed by atoms with E-state index in [2.05, 4.69) is 13.0 Å². The summed E-state index contributed by atoms with van der Waals surface area (Å²) >= 11 is 0. The molecule has 0 bridgehead atoms. The van der Waals surface area contributed by atoms with Crippen LogP contribution >= 0.6 is 0 Å². The van der Waals surface area contributed by atoms with Gasteiger partial charge in [0, 0.05) is 13.1 Å². The lowest BCUT2D eigenvalue weighted by Gasteiger charge is -2.40. The molecule has 4 nitrogen and oxygen atoms in total. The molecule has 0 unspecified atom stereocenters. The van der Waals surface area contributed by atoms with Crippen LogP contribution in [-0.4, -0.2) is 41.9 Å². The van der Waals surface area contributed by atoms with Crippen molar-refractivity contribution in [3.63, 3.8) is 0 Å². The van der Waals surface area contributed by atoms with E-state index >= 15 is 0 Å². The van der Waals surface area contributed by atoms with E-state index in [-0.39, 0.29) is 11.7 Å². The van der Waals surface area contributed by atoms with Crippen molar-refractivity contribution in [2.45, 2.75) is 51.7 Å². The fourth-order valence-corrected chi connectivity index (χ4v) is 2.54. The molecule has 2 aliphatic heterocycles. The highest BCUT2D eigenvalue weighted by atomic mass is 16.6.